The number of ketones is 1. The van der Waals surface area contributed by atoms with E-state index in [4.69, 9.17) is 0 Å². The molecule has 22 heavy (non-hydrogen) atoms. The number of fused-ring (bicyclic) bond motifs is 1. The molecule has 0 saturated heterocycles. The number of rotatable bonds is 2. The lowest BCUT2D eigenvalue weighted by Crippen LogP contribution is -2.24. The monoisotopic (exact) mass is 291 g/mol. The number of aromatic nitrogens is 1. The first kappa shape index (κ1) is 14.3. The highest BCUT2D eigenvalue weighted by atomic mass is 16.1. The molecule has 4 heteroatoms. The number of Topliss-reactive ketones (excluding diaryl/α,β-unsaturated/α-hetero) is 1. The molecule has 0 fully saturated rings. The van der Waals surface area contributed by atoms with E-state index in [0.717, 1.165) is 36.2 Å². The third-order valence-corrected chi connectivity index (χ3v) is 4.13. The number of nitriles is 1. The lowest BCUT2D eigenvalue weighted by molar-refractivity contribution is 0.101. The lowest BCUT2D eigenvalue weighted by atomic mass is 9.93. The van der Waals surface area contributed by atoms with Crippen LogP contribution >= 0.6 is 0 Å². The molecule has 0 N–H and O–H groups in total. The van der Waals surface area contributed by atoms with Crippen LogP contribution in [0.15, 0.2) is 30.5 Å². The van der Waals surface area contributed by atoms with Crippen LogP contribution in [0.3, 0.4) is 0 Å². The molecule has 2 aromatic rings. The van der Waals surface area contributed by atoms with E-state index in [1.54, 1.807) is 12.3 Å². The van der Waals surface area contributed by atoms with Gasteiger partial charge in [0.05, 0.1) is 11.6 Å². The largest absolute Gasteiger partial charge is 0.374 e. The van der Waals surface area contributed by atoms with Crippen LogP contribution in [0.25, 0.3) is 11.1 Å². The molecule has 1 aliphatic heterocycles. The minimum atomic E-state index is -0.0564. The average Bonchev–Trinajstić information content (AvgIpc) is 2.54. The molecule has 0 radical (unpaired) electrons. The second kappa shape index (κ2) is 5.61. The number of hydrogen-bond acceptors (Lipinski definition) is 4. The van der Waals surface area contributed by atoms with E-state index in [0.29, 0.717) is 11.3 Å². The molecule has 0 unspecified atom stereocenters. The Morgan fingerprint density at radius 1 is 1.36 bits per heavy atom. The van der Waals surface area contributed by atoms with Crippen LogP contribution in [0.4, 0.5) is 5.69 Å². The van der Waals surface area contributed by atoms with Crippen LogP contribution in [0.5, 0.6) is 0 Å². The standard InChI is InChI=1S/C18H17N3O/c1-12(22)17-6-5-14(11-20-17)16-8-13-4-3-7-21(2)18(13)9-15(16)10-19/h5-6,8-9,11H,3-4,7H2,1-2H3. The first-order chi connectivity index (χ1) is 10.6. The van der Waals surface area contributed by atoms with Crippen molar-refractivity contribution < 1.29 is 4.79 Å². The molecule has 0 saturated carbocycles. The van der Waals surface area contributed by atoms with Crippen molar-refractivity contribution in [3.05, 3.63) is 47.3 Å². The fourth-order valence-electron chi connectivity index (χ4n) is 2.91. The summed E-state index contributed by atoms with van der Waals surface area (Å²) < 4.78 is 0. The number of pyridine rings is 1. The summed E-state index contributed by atoms with van der Waals surface area (Å²) in [5.74, 6) is -0.0564. The molecule has 0 bridgehead atoms. The molecule has 3 rings (SSSR count). The first-order valence-electron chi connectivity index (χ1n) is 7.35. The van der Waals surface area contributed by atoms with Crippen molar-refractivity contribution >= 4 is 11.5 Å². The minimum Gasteiger partial charge on any atom is -0.374 e. The number of benzene rings is 1. The minimum absolute atomic E-state index is 0.0564. The van der Waals surface area contributed by atoms with E-state index in [1.165, 1.54) is 12.5 Å². The zero-order chi connectivity index (χ0) is 15.7. The summed E-state index contributed by atoms with van der Waals surface area (Å²) in [6, 6.07) is 9.91. The molecule has 0 atom stereocenters. The van der Waals surface area contributed by atoms with E-state index in [2.05, 4.69) is 29.1 Å². The van der Waals surface area contributed by atoms with Gasteiger partial charge in [0, 0.05) is 43.5 Å². The molecule has 0 aliphatic carbocycles. The van der Waals surface area contributed by atoms with Gasteiger partial charge in [-0.15, -0.1) is 0 Å². The summed E-state index contributed by atoms with van der Waals surface area (Å²) in [4.78, 5) is 17.7. The fraction of sp³-hybridized carbons (Fsp3) is 0.278. The van der Waals surface area contributed by atoms with Gasteiger partial charge in [-0.25, -0.2) is 0 Å². The van der Waals surface area contributed by atoms with Crippen molar-refractivity contribution in [2.75, 3.05) is 18.5 Å². The predicted molar refractivity (Wildman–Crippen MR) is 86.0 cm³/mol. The summed E-state index contributed by atoms with van der Waals surface area (Å²) in [6.45, 7) is 2.52. The molecule has 1 aromatic heterocycles. The molecule has 1 aliphatic rings. The van der Waals surface area contributed by atoms with Crippen LogP contribution in [0.2, 0.25) is 0 Å². The maximum absolute atomic E-state index is 11.3. The molecular formula is C18H17N3O. The molecule has 110 valence electrons. The Morgan fingerprint density at radius 2 is 2.18 bits per heavy atom. The van der Waals surface area contributed by atoms with E-state index >= 15 is 0 Å². The Kier molecular flexibility index (Phi) is 3.64. The lowest BCUT2D eigenvalue weighted by Gasteiger charge is -2.28. The van der Waals surface area contributed by atoms with Crippen LogP contribution in [-0.2, 0) is 6.42 Å². The SMILES string of the molecule is CC(=O)c1ccc(-c2cc3c(cc2C#N)N(C)CCC3)cn1. The highest BCUT2D eigenvalue weighted by molar-refractivity contribution is 5.92. The van der Waals surface area contributed by atoms with Crippen molar-refractivity contribution in [3.63, 3.8) is 0 Å². The van der Waals surface area contributed by atoms with Crippen LogP contribution in [-0.4, -0.2) is 24.4 Å². The Balaban J connectivity index is 2.10. The maximum Gasteiger partial charge on any atom is 0.178 e. The van der Waals surface area contributed by atoms with E-state index in [-0.39, 0.29) is 5.78 Å². The highest BCUT2D eigenvalue weighted by Crippen LogP contribution is 2.33. The quantitative estimate of drug-likeness (QED) is 0.797. The van der Waals surface area contributed by atoms with Gasteiger partial charge >= 0.3 is 0 Å². The second-order valence-corrected chi connectivity index (χ2v) is 5.65. The third kappa shape index (κ3) is 2.46. The van der Waals surface area contributed by atoms with Gasteiger partial charge in [0.25, 0.3) is 0 Å². The Hall–Kier alpha value is -2.67. The average molecular weight is 291 g/mol. The normalized spacial score (nSPS) is 13.4. The number of nitrogens with zero attached hydrogens (tertiary/aromatic N) is 3. The zero-order valence-corrected chi connectivity index (χ0v) is 12.8. The zero-order valence-electron chi connectivity index (χ0n) is 12.8. The number of carbonyl (C=O) groups excluding carboxylic acids is 1. The Bertz CT molecular complexity index is 772. The number of carbonyl (C=O) groups is 1. The van der Waals surface area contributed by atoms with Crippen molar-refractivity contribution in [2.45, 2.75) is 19.8 Å². The van der Waals surface area contributed by atoms with Gasteiger partial charge in [-0.2, -0.15) is 5.26 Å². The molecule has 0 amide bonds. The number of aryl methyl sites for hydroxylation is 1. The van der Waals surface area contributed by atoms with E-state index in [9.17, 15) is 10.1 Å². The molecular weight excluding hydrogens is 274 g/mol. The maximum atomic E-state index is 11.3. The summed E-state index contributed by atoms with van der Waals surface area (Å²) in [6.07, 6.45) is 3.82. The number of anilines is 1. The highest BCUT2D eigenvalue weighted by Gasteiger charge is 2.17. The fourth-order valence-corrected chi connectivity index (χ4v) is 2.91. The Labute approximate surface area is 130 Å². The van der Waals surface area contributed by atoms with Gasteiger partial charge in [-0.05, 0) is 36.6 Å². The topological polar surface area (TPSA) is 57.0 Å². The van der Waals surface area contributed by atoms with Crippen LogP contribution < -0.4 is 4.90 Å². The van der Waals surface area contributed by atoms with E-state index in [1.807, 2.05) is 12.1 Å². The smallest absolute Gasteiger partial charge is 0.178 e. The predicted octanol–water partition coefficient (Wildman–Crippen LogP) is 3.21. The summed E-state index contributed by atoms with van der Waals surface area (Å²) in [7, 11) is 2.06. The van der Waals surface area contributed by atoms with Gasteiger partial charge in [0.2, 0.25) is 0 Å². The molecule has 2 heterocycles. The molecule has 1 aromatic carbocycles. The van der Waals surface area contributed by atoms with Crippen molar-refractivity contribution in [1.29, 1.82) is 5.26 Å². The van der Waals surface area contributed by atoms with E-state index < -0.39 is 0 Å². The van der Waals surface area contributed by atoms with Gasteiger partial charge in [-0.1, -0.05) is 6.07 Å². The van der Waals surface area contributed by atoms with Crippen LogP contribution in [0, 0.1) is 11.3 Å². The second-order valence-electron chi connectivity index (χ2n) is 5.65. The Morgan fingerprint density at radius 3 is 2.82 bits per heavy atom. The van der Waals surface area contributed by atoms with Gasteiger partial charge in [0.15, 0.2) is 5.78 Å². The van der Waals surface area contributed by atoms with Crippen molar-refractivity contribution in [1.82, 2.24) is 4.98 Å². The first-order valence-corrected chi connectivity index (χ1v) is 7.35. The summed E-state index contributed by atoms with van der Waals surface area (Å²) in [5.41, 5.74) is 5.25. The van der Waals surface area contributed by atoms with Crippen LogP contribution in [0.1, 0.15) is 35.0 Å². The summed E-state index contributed by atoms with van der Waals surface area (Å²) in [5, 5.41) is 9.47. The third-order valence-electron chi connectivity index (χ3n) is 4.13. The van der Waals surface area contributed by atoms with Gasteiger partial charge in [-0.3, -0.25) is 9.78 Å². The van der Waals surface area contributed by atoms with Gasteiger partial charge in [0.1, 0.15) is 5.69 Å². The van der Waals surface area contributed by atoms with Gasteiger partial charge < -0.3 is 4.90 Å². The summed E-state index contributed by atoms with van der Waals surface area (Å²) >= 11 is 0. The van der Waals surface area contributed by atoms with Crippen molar-refractivity contribution in [3.8, 4) is 17.2 Å². The molecule has 4 nitrogen and oxygen atoms in total. The molecule has 0 spiro atoms. The van der Waals surface area contributed by atoms with Crippen molar-refractivity contribution in [2.24, 2.45) is 0 Å². The number of hydrogen-bond donors (Lipinski definition) is 0.